The highest BCUT2D eigenvalue weighted by atomic mass is 19.1. The first-order valence-corrected chi connectivity index (χ1v) is 10.7. The lowest BCUT2D eigenvalue weighted by Gasteiger charge is -2.32. The smallest absolute Gasteiger partial charge is 0.253 e. The number of carbonyl (C=O) groups is 2. The summed E-state index contributed by atoms with van der Waals surface area (Å²) in [7, 11) is 1.40. The minimum Gasteiger partial charge on any atom is -0.494 e. The fourth-order valence-corrected chi connectivity index (χ4v) is 3.70. The topological polar surface area (TPSA) is 67.9 Å². The molecule has 2 amide bonds. The van der Waals surface area contributed by atoms with Crippen molar-refractivity contribution in [3.8, 4) is 11.5 Å². The van der Waals surface area contributed by atoms with Crippen LogP contribution >= 0.6 is 0 Å². The number of nitrogens with one attached hydrogen (secondary N) is 1. The van der Waals surface area contributed by atoms with Gasteiger partial charge >= 0.3 is 0 Å². The Bertz CT molecular complexity index is 935. The second-order valence-electron chi connectivity index (χ2n) is 8.17. The highest BCUT2D eigenvalue weighted by Crippen LogP contribution is 2.24. The van der Waals surface area contributed by atoms with Gasteiger partial charge in [0.2, 0.25) is 0 Å². The Morgan fingerprint density at radius 1 is 1.03 bits per heavy atom. The average molecular weight is 426 g/mol. The fraction of sp³-hybridized carbons (Fsp3) is 0.417. The Balaban J connectivity index is 1.23. The second kappa shape index (κ2) is 9.37. The van der Waals surface area contributed by atoms with Gasteiger partial charge in [-0.2, -0.15) is 0 Å². The predicted molar refractivity (Wildman–Crippen MR) is 114 cm³/mol. The predicted octanol–water partition coefficient (Wildman–Crippen LogP) is 3.66. The first-order valence-electron chi connectivity index (χ1n) is 10.7. The molecule has 164 valence electrons. The van der Waals surface area contributed by atoms with Crippen LogP contribution in [0.3, 0.4) is 0 Å². The molecule has 1 saturated heterocycles. The number of hydrogen-bond acceptors (Lipinski definition) is 4. The molecular formula is C24H27FN2O4. The van der Waals surface area contributed by atoms with E-state index in [1.807, 2.05) is 12.1 Å². The van der Waals surface area contributed by atoms with E-state index in [0.29, 0.717) is 42.8 Å². The highest BCUT2D eigenvalue weighted by Gasteiger charge is 2.25. The van der Waals surface area contributed by atoms with Crippen molar-refractivity contribution in [2.24, 2.45) is 5.92 Å². The number of nitrogens with zero attached hydrogens (tertiary/aromatic N) is 1. The lowest BCUT2D eigenvalue weighted by atomic mass is 9.97. The van der Waals surface area contributed by atoms with Crippen molar-refractivity contribution in [3.63, 3.8) is 0 Å². The SMILES string of the molecule is COc1ccc(C(=O)N2CCC(COc3ccc(C(=O)NC4CC4)cc3)CC2)cc1F. The molecule has 0 atom stereocenters. The zero-order valence-electron chi connectivity index (χ0n) is 17.6. The molecule has 0 radical (unpaired) electrons. The van der Waals surface area contributed by atoms with Crippen molar-refractivity contribution < 1.29 is 23.5 Å². The van der Waals surface area contributed by atoms with Gasteiger partial charge in [-0.1, -0.05) is 0 Å². The quantitative estimate of drug-likeness (QED) is 0.734. The summed E-state index contributed by atoms with van der Waals surface area (Å²) >= 11 is 0. The maximum Gasteiger partial charge on any atom is 0.253 e. The molecule has 2 aliphatic rings. The summed E-state index contributed by atoms with van der Waals surface area (Å²) in [6, 6.07) is 11.8. The molecule has 7 heteroatoms. The van der Waals surface area contributed by atoms with Crippen molar-refractivity contribution in [1.82, 2.24) is 10.2 Å². The number of hydrogen-bond donors (Lipinski definition) is 1. The van der Waals surface area contributed by atoms with E-state index in [9.17, 15) is 14.0 Å². The van der Waals surface area contributed by atoms with Crippen LogP contribution in [-0.4, -0.2) is 49.6 Å². The molecule has 2 aromatic carbocycles. The Morgan fingerprint density at radius 2 is 1.71 bits per heavy atom. The lowest BCUT2D eigenvalue weighted by Crippen LogP contribution is -2.39. The summed E-state index contributed by atoms with van der Waals surface area (Å²) in [4.78, 5) is 26.4. The van der Waals surface area contributed by atoms with E-state index in [0.717, 1.165) is 31.4 Å². The number of methoxy groups -OCH3 is 1. The first-order chi connectivity index (χ1) is 15.0. The van der Waals surface area contributed by atoms with E-state index in [1.54, 1.807) is 23.1 Å². The molecule has 0 unspecified atom stereocenters. The third kappa shape index (κ3) is 5.34. The number of amides is 2. The van der Waals surface area contributed by atoms with E-state index in [-0.39, 0.29) is 17.6 Å². The van der Waals surface area contributed by atoms with Crippen molar-refractivity contribution in [2.75, 3.05) is 26.8 Å². The number of benzene rings is 2. The third-order valence-corrected chi connectivity index (χ3v) is 5.82. The number of halogens is 1. The monoisotopic (exact) mass is 426 g/mol. The Labute approximate surface area is 181 Å². The maximum absolute atomic E-state index is 13.9. The number of likely N-dealkylation sites (tertiary alicyclic amines) is 1. The molecule has 1 heterocycles. The van der Waals surface area contributed by atoms with Gasteiger partial charge in [-0.25, -0.2) is 4.39 Å². The molecular weight excluding hydrogens is 399 g/mol. The Hall–Kier alpha value is -3.09. The highest BCUT2D eigenvalue weighted by molar-refractivity contribution is 5.95. The molecule has 1 saturated carbocycles. The summed E-state index contributed by atoms with van der Waals surface area (Å²) in [5, 5.41) is 2.97. The van der Waals surface area contributed by atoms with Gasteiger partial charge < -0.3 is 19.7 Å². The first kappa shape index (κ1) is 21.2. The fourth-order valence-electron chi connectivity index (χ4n) is 3.70. The van der Waals surface area contributed by atoms with E-state index >= 15 is 0 Å². The molecule has 0 aromatic heterocycles. The van der Waals surface area contributed by atoms with E-state index < -0.39 is 5.82 Å². The normalized spacial score (nSPS) is 16.6. The van der Waals surface area contributed by atoms with Crippen molar-refractivity contribution >= 4 is 11.8 Å². The molecule has 0 bridgehead atoms. The van der Waals surface area contributed by atoms with Gasteiger partial charge in [0.05, 0.1) is 13.7 Å². The summed E-state index contributed by atoms with van der Waals surface area (Å²) in [5.74, 6) is 0.463. The van der Waals surface area contributed by atoms with Crippen molar-refractivity contribution in [3.05, 3.63) is 59.4 Å². The van der Waals surface area contributed by atoms with Crippen LogP contribution in [0.4, 0.5) is 4.39 Å². The largest absolute Gasteiger partial charge is 0.494 e. The lowest BCUT2D eigenvalue weighted by molar-refractivity contribution is 0.0660. The van der Waals surface area contributed by atoms with Crippen LogP contribution in [0.25, 0.3) is 0 Å². The molecule has 1 aliphatic heterocycles. The number of ether oxygens (including phenoxy) is 2. The van der Waals surface area contributed by atoms with Crippen molar-refractivity contribution in [1.29, 1.82) is 0 Å². The number of rotatable bonds is 7. The minimum atomic E-state index is -0.535. The van der Waals surface area contributed by atoms with Crippen LogP contribution in [0.1, 0.15) is 46.4 Å². The van der Waals surface area contributed by atoms with Gasteiger partial charge in [-0.05, 0) is 74.1 Å². The molecule has 6 nitrogen and oxygen atoms in total. The molecule has 2 fully saturated rings. The van der Waals surface area contributed by atoms with Crippen LogP contribution in [0.2, 0.25) is 0 Å². The van der Waals surface area contributed by atoms with E-state index in [2.05, 4.69) is 5.32 Å². The van der Waals surface area contributed by atoms with Crippen LogP contribution in [0.15, 0.2) is 42.5 Å². The van der Waals surface area contributed by atoms with Gasteiger partial charge in [0, 0.05) is 30.3 Å². The van der Waals surface area contributed by atoms with Gasteiger partial charge in [-0.3, -0.25) is 9.59 Å². The molecule has 31 heavy (non-hydrogen) atoms. The standard InChI is InChI=1S/C24H27FN2O4/c1-30-22-9-4-18(14-21(22)25)24(29)27-12-10-16(11-13-27)15-31-20-7-2-17(3-8-20)23(28)26-19-5-6-19/h2-4,7-9,14,16,19H,5-6,10-13,15H2,1H3,(H,26,28). The molecule has 2 aromatic rings. The van der Waals surface area contributed by atoms with E-state index in [1.165, 1.54) is 19.2 Å². The van der Waals surface area contributed by atoms with Crippen LogP contribution in [-0.2, 0) is 0 Å². The zero-order chi connectivity index (χ0) is 21.8. The van der Waals surface area contributed by atoms with Gasteiger partial charge in [0.25, 0.3) is 11.8 Å². The van der Waals surface area contributed by atoms with Crippen LogP contribution in [0, 0.1) is 11.7 Å². The van der Waals surface area contributed by atoms with Crippen LogP contribution in [0.5, 0.6) is 11.5 Å². The zero-order valence-corrected chi connectivity index (χ0v) is 17.6. The summed E-state index contributed by atoms with van der Waals surface area (Å²) < 4.78 is 24.7. The summed E-state index contributed by atoms with van der Waals surface area (Å²) in [6.45, 7) is 1.79. The molecule has 4 rings (SSSR count). The maximum atomic E-state index is 13.9. The Morgan fingerprint density at radius 3 is 2.32 bits per heavy atom. The molecule has 0 spiro atoms. The van der Waals surface area contributed by atoms with E-state index in [4.69, 9.17) is 9.47 Å². The van der Waals surface area contributed by atoms with Gasteiger partial charge in [0.15, 0.2) is 11.6 Å². The average Bonchev–Trinajstić information content (AvgIpc) is 3.62. The Kier molecular flexibility index (Phi) is 6.39. The molecule has 1 aliphatic carbocycles. The second-order valence-corrected chi connectivity index (χ2v) is 8.17. The summed E-state index contributed by atoms with van der Waals surface area (Å²) in [6.07, 6.45) is 3.78. The van der Waals surface area contributed by atoms with Crippen molar-refractivity contribution in [2.45, 2.75) is 31.7 Å². The third-order valence-electron chi connectivity index (χ3n) is 5.82. The van der Waals surface area contributed by atoms with Gasteiger partial charge in [-0.15, -0.1) is 0 Å². The minimum absolute atomic E-state index is 0.0390. The number of piperidine rings is 1. The summed E-state index contributed by atoms with van der Waals surface area (Å²) in [5.41, 5.74) is 0.972. The molecule has 1 N–H and O–H groups in total. The number of carbonyl (C=O) groups excluding carboxylic acids is 2. The van der Waals surface area contributed by atoms with Crippen LogP contribution < -0.4 is 14.8 Å². The van der Waals surface area contributed by atoms with Gasteiger partial charge in [0.1, 0.15) is 5.75 Å².